The van der Waals surface area contributed by atoms with Crippen molar-refractivity contribution in [1.29, 1.82) is 5.26 Å². The van der Waals surface area contributed by atoms with Gasteiger partial charge in [0.15, 0.2) is 0 Å². The van der Waals surface area contributed by atoms with Gasteiger partial charge in [0.1, 0.15) is 0 Å². The van der Waals surface area contributed by atoms with Gasteiger partial charge in [0.05, 0.1) is 21.9 Å². The van der Waals surface area contributed by atoms with Gasteiger partial charge in [0.25, 0.3) is 0 Å². The molecule has 0 aromatic heterocycles. The SMILES string of the molecule is Cc1ccc(C#N)cc1S(=O)(=O)N1CCC(C)(C(=O)O)C1. The second-order valence-electron chi connectivity index (χ2n) is 5.55. The molecule has 1 saturated heterocycles. The molecule has 21 heavy (non-hydrogen) atoms. The van der Waals surface area contributed by atoms with Crippen molar-refractivity contribution >= 4 is 16.0 Å². The zero-order valence-electron chi connectivity index (χ0n) is 11.8. The van der Waals surface area contributed by atoms with E-state index in [9.17, 15) is 18.3 Å². The molecule has 0 spiro atoms. The number of benzene rings is 1. The third kappa shape index (κ3) is 2.64. The molecule has 1 N–H and O–H groups in total. The van der Waals surface area contributed by atoms with Crippen molar-refractivity contribution in [3.05, 3.63) is 29.3 Å². The molecule has 112 valence electrons. The molecule has 1 fully saturated rings. The van der Waals surface area contributed by atoms with E-state index in [1.54, 1.807) is 26.0 Å². The van der Waals surface area contributed by atoms with Gasteiger partial charge < -0.3 is 5.11 Å². The van der Waals surface area contributed by atoms with Crippen LogP contribution in [0.25, 0.3) is 0 Å². The molecule has 1 atom stereocenters. The Bertz CT molecular complexity index is 736. The van der Waals surface area contributed by atoms with E-state index in [0.29, 0.717) is 5.56 Å². The molecule has 2 rings (SSSR count). The van der Waals surface area contributed by atoms with Crippen LogP contribution in [0.1, 0.15) is 24.5 Å². The number of aryl methyl sites for hydroxylation is 1. The summed E-state index contributed by atoms with van der Waals surface area (Å²) in [5.41, 5.74) is -0.259. The molecule has 0 aliphatic carbocycles. The Morgan fingerprint density at radius 3 is 2.67 bits per heavy atom. The molecule has 7 heteroatoms. The second-order valence-corrected chi connectivity index (χ2v) is 7.45. The maximum Gasteiger partial charge on any atom is 0.310 e. The minimum Gasteiger partial charge on any atom is -0.481 e. The van der Waals surface area contributed by atoms with Crippen molar-refractivity contribution in [3.63, 3.8) is 0 Å². The van der Waals surface area contributed by atoms with E-state index in [0.717, 1.165) is 0 Å². The van der Waals surface area contributed by atoms with Gasteiger partial charge in [-0.05, 0) is 38.0 Å². The number of nitriles is 1. The van der Waals surface area contributed by atoms with Crippen molar-refractivity contribution in [2.75, 3.05) is 13.1 Å². The molecule has 0 saturated carbocycles. The van der Waals surface area contributed by atoms with Gasteiger partial charge >= 0.3 is 5.97 Å². The van der Waals surface area contributed by atoms with E-state index in [-0.39, 0.29) is 30.0 Å². The summed E-state index contributed by atoms with van der Waals surface area (Å²) in [4.78, 5) is 11.3. The minimum absolute atomic E-state index is 0.0547. The van der Waals surface area contributed by atoms with Gasteiger partial charge in [0.2, 0.25) is 10.0 Å². The highest BCUT2D eigenvalue weighted by molar-refractivity contribution is 7.89. The van der Waals surface area contributed by atoms with Crippen LogP contribution in [0, 0.1) is 23.7 Å². The number of rotatable bonds is 3. The molecule has 0 radical (unpaired) electrons. The van der Waals surface area contributed by atoms with E-state index >= 15 is 0 Å². The number of carbonyl (C=O) groups is 1. The van der Waals surface area contributed by atoms with Crippen LogP contribution in [-0.2, 0) is 14.8 Å². The first-order chi connectivity index (χ1) is 9.70. The molecule has 1 aromatic carbocycles. The summed E-state index contributed by atoms with van der Waals surface area (Å²) >= 11 is 0. The van der Waals surface area contributed by atoms with E-state index in [4.69, 9.17) is 5.26 Å². The molecule has 1 aliphatic heterocycles. The first kappa shape index (κ1) is 15.5. The van der Waals surface area contributed by atoms with Crippen LogP contribution in [0.4, 0.5) is 0 Å². The summed E-state index contributed by atoms with van der Waals surface area (Å²) in [5, 5.41) is 18.1. The summed E-state index contributed by atoms with van der Waals surface area (Å²) < 4.78 is 26.5. The number of carboxylic acids is 1. The second kappa shape index (κ2) is 5.13. The Labute approximate surface area is 123 Å². The van der Waals surface area contributed by atoms with Crippen molar-refractivity contribution in [2.45, 2.75) is 25.2 Å². The van der Waals surface area contributed by atoms with Crippen LogP contribution in [0.3, 0.4) is 0 Å². The van der Waals surface area contributed by atoms with E-state index < -0.39 is 21.4 Å². The summed E-state index contributed by atoms with van der Waals surface area (Å²) in [6.07, 6.45) is 0.276. The number of hydrogen-bond acceptors (Lipinski definition) is 4. The highest BCUT2D eigenvalue weighted by Crippen LogP contribution is 2.34. The Balaban J connectivity index is 2.41. The summed E-state index contributed by atoms with van der Waals surface area (Å²) in [6, 6.07) is 6.39. The van der Waals surface area contributed by atoms with Crippen LogP contribution in [-0.4, -0.2) is 36.9 Å². The summed E-state index contributed by atoms with van der Waals surface area (Å²) in [5.74, 6) is -0.998. The lowest BCUT2D eigenvalue weighted by atomic mass is 9.90. The Morgan fingerprint density at radius 1 is 1.48 bits per heavy atom. The number of hydrogen-bond donors (Lipinski definition) is 1. The van der Waals surface area contributed by atoms with E-state index in [1.165, 1.54) is 10.4 Å². The van der Waals surface area contributed by atoms with Crippen LogP contribution >= 0.6 is 0 Å². The maximum absolute atomic E-state index is 12.7. The highest BCUT2D eigenvalue weighted by Gasteiger charge is 2.45. The molecule has 1 aliphatic rings. The fourth-order valence-corrected chi connectivity index (χ4v) is 4.20. The van der Waals surface area contributed by atoms with Gasteiger partial charge in [-0.2, -0.15) is 9.57 Å². The normalized spacial score (nSPS) is 22.9. The maximum atomic E-state index is 12.7. The molecular formula is C14H16N2O4S. The average Bonchev–Trinajstić information content (AvgIpc) is 2.84. The molecule has 1 heterocycles. The van der Waals surface area contributed by atoms with Crippen molar-refractivity contribution in [1.82, 2.24) is 4.31 Å². The summed E-state index contributed by atoms with van der Waals surface area (Å²) in [7, 11) is -3.79. The van der Waals surface area contributed by atoms with Gasteiger partial charge in [-0.25, -0.2) is 8.42 Å². The first-order valence-electron chi connectivity index (χ1n) is 6.45. The number of carboxylic acid groups (broad SMARTS) is 1. The predicted molar refractivity (Wildman–Crippen MR) is 75.0 cm³/mol. The summed E-state index contributed by atoms with van der Waals surface area (Å²) in [6.45, 7) is 3.31. The lowest BCUT2D eigenvalue weighted by Crippen LogP contribution is -2.35. The predicted octanol–water partition coefficient (Wildman–Crippen LogP) is 1.35. The van der Waals surface area contributed by atoms with Crippen LogP contribution in [0.15, 0.2) is 23.1 Å². The first-order valence-corrected chi connectivity index (χ1v) is 7.89. The number of sulfonamides is 1. The minimum atomic E-state index is -3.79. The molecule has 6 nitrogen and oxygen atoms in total. The van der Waals surface area contributed by atoms with Gasteiger partial charge in [-0.15, -0.1) is 0 Å². The zero-order chi connectivity index (χ0) is 15.8. The van der Waals surface area contributed by atoms with Crippen LogP contribution in [0.5, 0.6) is 0 Å². The fraction of sp³-hybridized carbons (Fsp3) is 0.429. The monoisotopic (exact) mass is 308 g/mol. The zero-order valence-corrected chi connectivity index (χ0v) is 12.6. The Kier molecular flexibility index (Phi) is 3.78. The third-order valence-electron chi connectivity index (χ3n) is 3.89. The molecule has 1 aromatic rings. The molecule has 0 bridgehead atoms. The third-order valence-corrected chi connectivity index (χ3v) is 5.88. The molecule has 0 amide bonds. The molecule has 1 unspecified atom stereocenters. The van der Waals surface area contributed by atoms with Crippen molar-refractivity contribution < 1.29 is 18.3 Å². The van der Waals surface area contributed by atoms with Crippen LogP contribution in [0.2, 0.25) is 0 Å². The number of nitrogens with zero attached hydrogens (tertiary/aromatic N) is 2. The molecular weight excluding hydrogens is 292 g/mol. The smallest absolute Gasteiger partial charge is 0.310 e. The lowest BCUT2D eigenvalue weighted by molar-refractivity contribution is -0.146. The van der Waals surface area contributed by atoms with E-state index in [1.807, 2.05) is 6.07 Å². The van der Waals surface area contributed by atoms with Crippen LogP contribution < -0.4 is 0 Å². The van der Waals surface area contributed by atoms with Gasteiger partial charge in [-0.3, -0.25) is 4.79 Å². The van der Waals surface area contributed by atoms with Gasteiger partial charge in [0, 0.05) is 13.1 Å². The van der Waals surface area contributed by atoms with Crippen molar-refractivity contribution in [2.24, 2.45) is 5.41 Å². The Hall–Kier alpha value is -1.91. The quantitative estimate of drug-likeness (QED) is 0.908. The van der Waals surface area contributed by atoms with E-state index in [2.05, 4.69) is 0 Å². The largest absolute Gasteiger partial charge is 0.481 e. The lowest BCUT2D eigenvalue weighted by Gasteiger charge is -2.21. The topological polar surface area (TPSA) is 98.5 Å². The standard InChI is InChI=1S/C14H16N2O4S/c1-10-3-4-11(8-15)7-12(10)21(19,20)16-6-5-14(2,9-16)13(17)18/h3-4,7H,5-6,9H2,1-2H3,(H,17,18). The highest BCUT2D eigenvalue weighted by atomic mass is 32.2. The number of aliphatic carboxylic acids is 1. The average molecular weight is 308 g/mol. The Morgan fingerprint density at radius 2 is 2.14 bits per heavy atom. The van der Waals surface area contributed by atoms with Crippen molar-refractivity contribution in [3.8, 4) is 6.07 Å². The fourth-order valence-electron chi connectivity index (χ4n) is 2.39. The van der Waals surface area contributed by atoms with Gasteiger partial charge in [-0.1, -0.05) is 6.07 Å².